The highest BCUT2D eigenvalue weighted by atomic mass is 16.3. The van der Waals surface area contributed by atoms with Gasteiger partial charge in [0.05, 0.1) is 6.73 Å². The van der Waals surface area contributed by atoms with Crippen molar-refractivity contribution in [2.75, 3.05) is 6.73 Å². The molecule has 1 rings (SSSR count). The molecule has 0 aliphatic rings. The third kappa shape index (κ3) is 2.32. The average molecular weight is 165 g/mol. The first-order chi connectivity index (χ1) is 5.74. The van der Waals surface area contributed by atoms with Crippen LogP contribution in [0.5, 0.6) is 0 Å². The molecule has 2 N–H and O–H groups in total. The van der Waals surface area contributed by atoms with E-state index in [1.54, 1.807) is 0 Å². The first-order valence-corrected chi connectivity index (χ1v) is 4.11. The van der Waals surface area contributed by atoms with Gasteiger partial charge >= 0.3 is 0 Å². The molecule has 0 aromatic heterocycles. The summed E-state index contributed by atoms with van der Waals surface area (Å²) in [7, 11) is 0. The van der Waals surface area contributed by atoms with Crippen LogP contribution in [0.15, 0.2) is 18.2 Å². The highest BCUT2D eigenvalue weighted by Gasteiger charge is 1.94. The fraction of sp³-hybridized carbons (Fsp3) is 0.400. The lowest BCUT2D eigenvalue weighted by atomic mass is 10.1. The maximum absolute atomic E-state index is 8.54. The zero-order valence-corrected chi connectivity index (χ0v) is 7.59. The van der Waals surface area contributed by atoms with Crippen LogP contribution in [0.4, 0.5) is 0 Å². The van der Waals surface area contributed by atoms with Crippen LogP contribution in [0, 0.1) is 13.8 Å². The van der Waals surface area contributed by atoms with E-state index in [1.165, 1.54) is 16.7 Å². The van der Waals surface area contributed by atoms with Gasteiger partial charge in [-0.3, -0.25) is 5.32 Å². The maximum Gasteiger partial charge on any atom is 0.0934 e. The predicted octanol–water partition coefficient (Wildman–Crippen LogP) is 1.34. The number of aliphatic hydroxyl groups is 1. The second-order valence-corrected chi connectivity index (χ2v) is 3.00. The monoisotopic (exact) mass is 165 g/mol. The van der Waals surface area contributed by atoms with Gasteiger partial charge in [-0.2, -0.15) is 0 Å². The first-order valence-electron chi connectivity index (χ1n) is 4.11. The molecule has 0 saturated heterocycles. The van der Waals surface area contributed by atoms with Gasteiger partial charge in [-0.1, -0.05) is 18.2 Å². The normalized spacial score (nSPS) is 10.2. The molecule has 1 aromatic carbocycles. The molecule has 0 aliphatic heterocycles. The molecular formula is C10H15NO. The van der Waals surface area contributed by atoms with Crippen molar-refractivity contribution in [2.24, 2.45) is 0 Å². The summed E-state index contributed by atoms with van der Waals surface area (Å²) in [6.45, 7) is 4.96. The highest BCUT2D eigenvalue weighted by Crippen LogP contribution is 2.09. The molecule has 2 nitrogen and oxygen atoms in total. The van der Waals surface area contributed by atoms with Gasteiger partial charge in [-0.25, -0.2) is 0 Å². The Morgan fingerprint density at radius 2 is 2.00 bits per heavy atom. The standard InChI is InChI=1S/C10H15NO/c1-8-3-4-10(5-9(8)2)6-11-7-12/h3-5,11-12H,6-7H2,1-2H3. The SMILES string of the molecule is Cc1ccc(CNCO)cc1C. The quantitative estimate of drug-likeness (QED) is 0.662. The molecule has 0 spiro atoms. The zero-order valence-electron chi connectivity index (χ0n) is 7.59. The summed E-state index contributed by atoms with van der Waals surface area (Å²) in [5.41, 5.74) is 3.82. The molecule has 66 valence electrons. The summed E-state index contributed by atoms with van der Waals surface area (Å²) in [5, 5.41) is 11.4. The van der Waals surface area contributed by atoms with E-state index in [9.17, 15) is 0 Å². The van der Waals surface area contributed by atoms with Gasteiger partial charge in [-0.05, 0) is 30.5 Å². The minimum absolute atomic E-state index is 0.0346. The molecular weight excluding hydrogens is 150 g/mol. The lowest BCUT2D eigenvalue weighted by Crippen LogP contribution is -2.13. The molecule has 1 aromatic rings. The van der Waals surface area contributed by atoms with Crippen molar-refractivity contribution in [1.82, 2.24) is 5.32 Å². The van der Waals surface area contributed by atoms with Crippen LogP contribution >= 0.6 is 0 Å². The third-order valence-electron chi connectivity index (χ3n) is 2.01. The van der Waals surface area contributed by atoms with Crippen LogP contribution in [0.1, 0.15) is 16.7 Å². The van der Waals surface area contributed by atoms with E-state index in [-0.39, 0.29) is 6.73 Å². The molecule has 0 saturated carbocycles. The van der Waals surface area contributed by atoms with Gasteiger partial charge < -0.3 is 5.11 Å². The number of aliphatic hydroxyl groups excluding tert-OH is 1. The number of rotatable bonds is 3. The molecule has 0 bridgehead atoms. The molecule has 0 atom stereocenters. The maximum atomic E-state index is 8.54. The van der Waals surface area contributed by atoms with E-state index in [1.807, 2.05) is 0 Å². The highest BCUT2D eigenvalue weighted by molar-refractivity contribution is 5.29. The summed E-state index contributed by atoms with van der Waals surface area (Å²) in [5.74, 6) is 0. The molecule has 0 unspecified atom stereocenters. The van der Waals surface area contributed by atoms with Gasteiger partial charge in [0.2, 0.25) is 0 Å². The summed E-state index contributed by atoms with van der Waals surface area (Å²) >= 11 is 0. The van der Waals surface area contributed by atoms with E-state index in [0.29, 0.717) is 0 Å². The van der Waals surface area contributed by atoms with Crippen LogP contribution in [0.2, 0.25) is 0 Å². The van der Waals surface area contributed by atoms with Crippen molar-refractivity contribution < 1.29 is 5.11 Å². The van der Waals surface area contributed by atoms with Gasteiger partial charge in [0.25, 0.3) is 0 Å². The van der Waals surface area contributed by atoms with Crippen LogP contribution in [-0.4, -0.2) is 11.8 Å². The second kappa shape index (κ2) is 4.24. The Hall–Kier alpha value is -0.860. The summed E-state index contributed by atoms with van der Waals surface area (Å²) < 4.78 is 0. The van der Waals surface area contributed by atoms with Gasteiger partial charge in [0.1, 0.15) is 0 Å². The van der Waals surface area contributed by atoms with Crippen molar-refractivity contribution in [3.8, 4) is 0 Å². The zero-order chi connectivity index (χ0) is 8.97. The summed E-state index contributed by atoms with van der Waals surface area (Å²) in [6.07, 6.45) is 0. The number of nitrogens with one attached hydrogen (secondary N) is 1. The second-order valence-electron chi connectivity index (χ2n) is 3.00. The molecule has 0 fully saturated rings. The number of benzene rings is 1. The van der Waals surface area contributed by atoms with Crippen LogP contribution in [0.25, 0.3) is 0 Å². The molecule has 2 heteroatoms. The van der Waals surface area contributed by atoms with E-state index in [0.717, 1.165) is 6.54 Å². The van der Waals surface area contributed by atoms with Gasteiger partial charge in [-0.15, -0.1) is 0 Å². The van der Waals surface area contributed by atoms with Crippen molar-refractivity contribution in [3.05, 3.63) is 34.9 Å². The van der Waals surface area contributed by atoms with Crippen molar-refractivity contribution >= 4 is 0 Å². The Morgan fingerprint density at radius 3 is 2.58 bits per heavy atom. The lowest BCUT2D eigenvalue weighted by molar-refractivity contribution is 0.259. The fourth-order valence-electron chi connectivity index (χ4n) is 1.11. The largest absolute Gasteiger partial charge is 0.381 e. The van der Waals surface area contributed by atoms with Crippen LogP contribution < -0.4 is 5.32 Å². The summed E-state index contributed by atoms with van der Waals surface area (Å²) in [6, 6.07) is 6.31. The minimum atomic E-state index is 0.0346. The minimum Gasteiger partial charge on any atom is -0.381 e. The summed E-state index contributed by atoms with van der Waals surface area (Å²) in [4.78, 5) is 0. The molecule has 0 radical (unpaired) electrons. The number of hydrogen-bond donors (Lipinski definition) is 2. The van der Waals surface area contributed by atoms with Crippen LogP contribution in [0.3, 0.4) is 0 Å². The fourth-order valence-corrected chi connectivity index (χ4v) is 1.11. The Kier molecular flexibility index (Phi) is 3.26. The van der Waals surface area contributed by atoms with Crippen molar-refractivity contribution in [3.63, 3.8) is 0 Å². The Labute approximate surface area is 73.2 Å². The first kappa shape index (κ1) is 9.23. The van der Waals surface area contributed by atoms with Crippen molar-refractivity contribution in [1.29, 1.82) is 0 Å². The van der Waals surface area contributed by atoms with Crippen LogP contribution in [-0.2, 0) is 6.54 Å². The average Bonchev–Trinajstić information content (AvgIpc) is 2.07. The topological polar surface area (TPSA) is 32.3 Å². The Balaban J connectivity index is 2.69. The lowest BCUT2D eigenvalue weighted by Gasteiger charge is -2.04. The van der Waals surface area contributed by atoms with Gasteiger partial charge in [0, 0.05) is 6.54 Å². The number of hydrogen-bond acceptors (Lipinski definition) is 2. The van der Waals surface area contributed by atoms with E-state index < -0.39 is 0 Å². The Bertz CT molecular complexity index is 258. The van der Waals surface area contributed by atoms with Crippen molar-refractivity contribution in [2.45, 2.75) is 20.4 Å². The van der Waals surface area contributed by atoms with Gasteiger partial charge in [0.15, 0.2) is 0 Å². The smallest absolute Gasteiger partial charge is 0.0934 e. The molecule has 0 heterocycles. The number of aryl methyl sites for hydroxylation is 2. The Morgan fingerprint density at radius 1 is 1.25 bits per heavy atom. The molecule has 0 aliphatic carbocycles. The van der Waals surface area contributed by atoms with E-state index in [4.69, 9.17) is 5.11 Å². The predicted molar refractivity (Wildman–Crippen MR) is 49.8 cm³/mol. The molecule has 12 heavy (non-hydrogen) atoms. The van der Waals surface area contributed by atoms with E-state index in [2.05, 4.69) is 37.4 Å². The van der Waals surface area contributed by atoms with E-state index >= 15 is 0 Å². The third-order valence-corrected chi connectivity index (χ3v) is 2.01. The molecule has 0 amide bonds.